The zero-order valence-electron chi connectivity index (χ0n) is 21.8. The number of ether oxygens (including phenoxy) is 1. The van der Waals surface area contributed by atoms with Crippen molar-refractivity contribution in [3.05, 3.63) is 94.9 Å². The number of pyridine rings is 1. The topological polar surface area (TPSA) is 71.8 Å². The number of amides is 1. The van der Waals surface area contributed by atoms with Gasteiger partial charge in [-0.3, -0.25) is 4.79 Å². The van der Waals surface area contributed by atoms with Crippen molar-refractivity contribution in [2.75, 3.05) is 6.54 Å². The fraction of sp³-hybridized carbons (Fsp3) is 0.400. The van der Waals surface area contributed by atoms with Crippen LogP contribution in [-0.2, 0) is 11.3 Å². The Morgan fingerprint density at radius 3 is 2.03 bits per heavy atom. The number of aryl methyl sites for hydroxylation is 1. The summed E-state index contributed by atoms with van der Waals surface area (Å²) in [5.74, 6) is 0. The molecule has 0 aliphatic carbocycles. The van der Waals surface area contributed by atoms with Gasteiger partial charge in [-0.15, -0.1) is 0 Å². The molecule has 3 aromatic rings. The van der Waals surface area contributed by atoms with Crippen LogP contribution in [-0.4, -0.2) is 38.9 Å². The van der Waals surface area contributed by atoms with Crippen molar-refractivity contribution in [2.45, 2.75) is 71.2 Å². The molecule has 2 aromatic carbocycles. The summed E-state index contributed by atoms with van der Waals surface area (Å²) >= 11 is 0. The summed E-state index contributed by atoms with van der Waals surface area (Å²) in [6.07, 6.45) is 3.25. The molecule has 1 N–H and O–H groups in total. The van der Waals surface area contributed by atoms with Crippen LogP contribution in [0.4, 0.5) is 4.79 Å². The molecule has 1 aromatic heterocycles. The molecule has 1 amide bonds. The summed E-state index contributed by atoms with van der Waals surface area (Å²) in [5, 5.41) is 10.00. The number of nitrogens with zero attached hydrogens (tertiary/aromatic N) is 2. The van der Waals surface area contributed by atoms with E-state index < -0.39 is 5.60 Å². The number of rotatable bonds is 7. The Hall–Kier alpha value is -3.38. The molecule has 0 saturated carbocycles. The lowest BCUT2D eigenvalue weighted by atomic mass is 9.96. The minimum absolute atomic E-state index is 0.00424. The lowest BCUT2D eigenvalue weighted by Crippen LogP contribution is -2.45. The third kappa shape index (κ3) is 7.56. The Kier molecular flexibility index (Phi) is 9.48. The maximum atomic E-state index is 12.6. The van der Waals surface area contributed by atoms with Gasteiger partial charge in [-0.05, 0) is 49.9 Å². The first-order chi connectivity index (χ1) is 17.2. The number of benzene rings is 2. The highest BCUT2D eigenvalue weighted by molar-refractivity contribution is 5.69. The van der Waals surface area contributed by atoms with E-state index >= 15 is 0 Å². The molecule has 1 aliphatic rings. The van der Waals surface area contributed by atoms with Gasteiger partial charge in [0.2, 0.25) is 0 Å². The third-order valence-electron chi connectivity index (χ3n) is 6.30. The molecule has 0 bridgehead atoms. The molecule has 1 aliphatic heterocycles. The number of cyclic esters (lactones) is 1. The lowest BCUT2D eigenvalue weighted by molar-refractivity contribution is -0.0325. The molecule has 6 nitrogen and oxygen atoms in total. The second-order valence-electron chi connectivity index (χ2n) is 9.75. The SMILES string of the molecule is CCC(c1ccc(-c2ccc(=O)n(CC)c2)cc1)N1CCC(CC(C)(C)O)OC1=O.c1ccccc1. The van der Waals surface area contributed by atoms with Gasteiger partial charge in [-0.25, -0.2) is 4.79 Å². The van der Waals surface area contributed by atoms with E-state index in [1.54, 1.807) is 29.4 Å². The normalized spacial score (nSPS) is 16.5. The van der Waals surface area contributed by atoms with Crippen LogP contribution in [0.2, 0.25) is 0 Å². The van der Waals surface area contributed by atoms with Gasteiger partial charge >= 0.3 is 6.09 Å². The van der Waals surface area contributed by atoms with E-state index in [0.717, 1.165) is 23.1 Å². The summed E-state index contributed by atoms with van der Waals surface area (Å²) in [5.41, 5.74) is 2.22. The van der Waals surface area contributed by atoms with Crippen LogP contribution in [0, 0.1) is 0 Å². The Balaban J connectivity index is 0.000000526. The van der Waals surface area contributed by atoms with Crippen molar-refractivity contribution in [3.63, 3.8) is 0 Å². The van der Waals surface area contributed by atoms with Gasteiger partial charge in [0, 0.05) is 38.2 Å². The van der Waals surface area contributed by atoms with Gasteiger partial charge in [0.15, 0.2) is 0 Å². The monoisotopic (exact) mass is 490 g/mol. The number of carbonyl (C=O) groups excluding carboxylic acids is 1. The molecule has 2 heterocycles. The molecular weight excluding hydrogens is 452 g/mol. The quantitative estimate of drug-likeness (QED) is 0.438. The maximum Gasteiger partial charge on any atom is 0.410 e. The average Bonchev–Trinajstić information content (AvgIpc) is 2.87. The van der Waals surface area contributed by atoms with Crippen LogP contribution in [0.25, 0.3) is 11.1 Å². The van der Waals surface area contributed by atoms with Gasteiger partial charge in [-0.1, -0.05) is 67.6 Å². The van der Waals surface area contributed by atoms with Crippen molar-refractivity contribution in [2.24, 2.45) is 0 Å². The highest BCUT2D eigenvalue weighted by Crippen LogP contribution is 2.31. The number of hydrogen-bond donors (Lipinski definition) is 1. The van der Waals surface area contributed by atoms with Crippen LogP contribution >= 0.6 is 0 Å². The summed E-state index contributed by atoms with van der Waals surface area (Å²) in [4.78, 5) is 26.3. The minimum atomic E-state index is -0.854. The number of aromatic nitrogens is 1. The lowest BCUT2D eigenvalue weighted by Gasteiger charge is -2.38. The summed E-state index contributed by atoms with van der Waals surface area (Å²) in [6, 6.07) is 23.5. The first-order valence-corrected chi connectivity index (χ1v) is 12.7. The predicted octanol–water partition coefficient (Wildman–Crippen LogP) is 6.04. The molecule has 36 heavy (non-hydrogen) atoms. The van der Waals surface area contributed by atoms with Gasteiger partial charge in [0.1, 0.15) is 6.10 Å². The standard InChI is InChI=1S/C24H32N2O4.C6H6/c1-5-21(26-14-13-20(30-23(26)28)15-24(3,4)29)18-9-7-17(8-10-18)19-11-12-22(27)25(6-2)16-19;1-2-4-6-5-3-1/h7-12,16,20-21,29H,5-6,13-15H2,1-4H3;1-6H. The highest BCUT2D eigenvalue weighted by Gasteiger charge is 2.34. The van der Waals surface area contributed by atoms with Crippen LogP contribution in [0.5, 0.6) is 0 Å². The van der Waals surface area contributed by atoms with Crippen molar-refractivity contribution in [3.8, 4) is 11.1 Å². The smallest absolute Gasteiger partial charge is 0.410 e. The molecule has 192 valence electrons. The third-order valence-corrected chi connectivity index (χ3v) is 6.30. The van der Waals surface area contributed by atoms with Gasteiger partial charge in [0.05, 0.1) is 11.6 Å². The minimum Gasteiger partial charge on any atom is -0.446 e. The summed E-state index contributed by atoms with van der Waals surface area (Å²) in [6.45, 7) is 8.72. The van der Waals surface area contributed by atoms with E-state index in [9.17, 15) is 14.7 Å². The van der Waals surface area contributed by atoms with Crippen molar-refractivity contribution < 1.29 is 14.6 Å². The zero-order valence-corrected chi connectivity index (χ0v) is 21.8. The first-order valence-electron chi connectivity index (χ1n) is 12.7. The molecular formula is C30H38N2O4. The average molecular weight is 491 g/mol. The molecule has 4 rings (SSSR count). The second kappa shape index (κ2) is 12.5. The van der Waals surface area contributed by atoms with E-state index in [0.29, 0.717) is 25.9 Å². The Labute approximate surface area is 214 Å². The van der Waals surface area contributed by atoms with E-state index in [4.69, 9.17) is 4.74 Å². The van der Waals surface area contributed by atoms with Crippen LogP contribution in [0.1, 0.15) is 58.6 Å². The first kappa shape index (κ1) is 27.2. The molecule has 2 atom stereocenters. The number of carbonyl (C=O) groups is 1. The molecule has 6 heteroatoms. The highest BCUT2D eigenvalue weighted by atomic mass is 16.6. The molecule has 1 fully saturated rings. The summed E-state index contributed by atoms with van der Waals surface area (Å²) in [7, 11) is 0. The van der Waals surface area contributed by atoms with Crippen molar-refractivity contribution >= 4 is 6.09 Å². The predicted molar refractivity (Wildman–Crippen MR) is 144 cm³/mol. The molecule has 2 unspecified atom stereocenters. The zero-order chi connectivity index (χ0) is 26.1. The van der Waals surface area contributed by atoms with Crippen molar-refractivity contribution in [1.29, 1.82) is 0 Å². The molecule has 0 radical (unpaired) electrons. The maximum absolute atomic E-state index is 12.6. The Morgan fingerprint density at radius 1 is 0.944 bits per heavy atom. The number of aliphatic hydroxyl groups is 1. The van der Waals surface area contributed by atoms with Crippen molar-refractivity contribution in [1.82, 2.24) is 9.47 Å². The Morgan fingerprint density at radius 2 is 1.53 bits per heavy atom. The van der Waals surface area contributed by atoms with Crippen LogP contribution in [0.15, 0.2) is 83.8 Å². The van der Waals surface area contributed by atoms with Crippen LogP contribution in [0.3, 0.4) is 0 Å². The second-order valence-corrected chi connectivity index (χ2v) is 9.75. The van der Waals surface area contributed by atoms with E-state index in [1.165, 1.54) is 0 Å². The van der Waals surface area contributed by atoms with Gasteiger partial charge in [0.25, 0.3) is 5.56 Å². The van der Waals surface area contributed by atoms with E-state index in [2.05, 4.69) is 6.92 Å². The van der Waals surface area contributed by atoms with E-state index in [1.807, 2.05) is 79.9 Å². The molecule has 0 spiro atoms. The Bertz CT molecular complexity index is 1120. The van der Waals surface area contributed by atoms with Gasteiger partial charge in [-0.2, -0.15) is 0 Å². The summed E-state index contributed by atoms with van der Waals surface area (Å²) < 4.78 is 7.29. The fourth-order valence-corrected chi connectivity index (χ4v) is 4.50. The van der Waals surface area contributed by atoms with Gasteiger partial charge < -0.3 is 19.3 Å². The number of hydrogen-bond acceptors (Lipinski definition) is 4. The van der Waals surface area contributed by atoms with Crippen LogP contribution < -0.4 is 5.56 Å². The van der Waals surface area contributed by atoms with E-state index in [-0.39, 0.29) is 23.8 Å². The largest absolute Gasteiger partial charge is 0.446 e. The fourth-order valence-electron chi connectivity index (χ4n) is 4.50. The molecule has 1 saturated heterocycles.